The zero-order valence-corrected chi connectivity index (χ0v) is 15.9. The molecule has 3 rings (SSSR count). The summed E-state index contributed by atoms with van der Waals surface area (Å²) in [7, 11) is -4.00. The van der Waals surface area contributed by atoms with Crippen LogP contribution >= 0.6 is 0 Å². The van der Waals surface area contributed by atoms with Crippen LogP contribution in [0.15, 0.2) is 12.1 Å². The van der Waals surface area contributed by atoms with Crippen molar-refractivity contribution in [3.8, 4) is 11.5 Å². The van der Waals surface area contributed by atoms with Gasteiger partial charge in [0.2, 0.25) is 6.79 Å². The summed E-state index contributed by atoms with van der Waals surface area (Å²) in [6.07, 6.45) is 0.715. The van der Waals surface area contributed by atoms with Gasteiger partial charge in [-0.2, -0.15) is 8.42 Å². The van der Waals surface area contributed by atoms with Crippen LogP contribution in [0.2, 0.25) is 0 Å². The van der Waals surface area contributed by atoms with E-state index in [0.717, 1.165) is 5.56 Å². The molecule has 0 saturated carbocycles. The number of ether oxygens (including phenoxy) is 3. The van der Waals surface area contributed by atoms with Crippen molar-refractivity contribution in [3.63, 3.8) is 0 Å². The molecule has 2 atom stereocenters. The molecule has 0 spiro atoms. The minimum atomic E-state index is -4.00. The van der Waals surface area contributed by atoms with Gasteiger partial charge < -0.3 is 24.1 Å². The molecule has 2 aliphatic heterocycles. The Labute approximate surface area is 157 Å². The highest BCUT2D eigenvalue weighted by atomic mass is 32.2. The molecule has 1 aromatic carbocycles. The third kappa shape index (κ3) is 4.70. The molecule has 1 N–H and O–H groups in total. The van der Waals surface area contributed by atoms with Crippen molar-refractivity contribution in [1.82, 2.24) is 0 Å². The lowest BCUT2D eigenvalue weighted by atomic mass is 9.96. The van der Waals surface area contributed by atoms with Gasteiger partial charge in [0.1, 0.15) is 0 Å². The molecular weight excluding hydrogens is 378 g/mol. The average molecular weight is 401 g/mol. The summed E-state index contributed by atoms with van der Waals surface area (Å²) in [5.74, 6) is 0.264. The largest absolute Gasteiger partial charge is 0.630 e. The Balaban J connectivity index is 1.75. The smallest absolute Gasteiger partial charge is 0.307 e. The second-order valence-corrected chi connectivity index (χ2v) is 8.43. The minimum Gasteiger partial charge on any atom is -0.630 e. The fourth-order valence-corrected chi connectivity index (χ4v) is 4.08. The summed E-state index contributed by atoms with van der Waals surface area (Å²) in [5.41, 5.74) is 1.51. The van der Waals surface area contributed by atoms with Gasteiger partial charge in [-0.05, 0) is 37.0 Å². The van der Waals surface area contributed by atoms with Crippen LogP contribution in [0.5, 0.6) is 11.5 Å². The topological polar surface area (TPSA) is 122 Å². The first-order valence-corrected chi connectivity index (χ1v) is 10.4. The maximum absolute atomic E-state index is 13.4. The molecule has 27 heavy (non-hydrogen) atoms. The zero-order chi connectivity index (χ0) is 19.7. The zero-order valence-electron chi connectivity index (χ0n) is 15.0. The maximum atomic E-state index is 13.4. The normalized spacial score (nSPS) is 23.7. The van der Waals surface area contributed by atoms with E-state index in [2.05, 4.69) is 0 Å². The van der Waals surface area contributed by atoms with Crippen LogP contribution in [0, 0.1) is 5.21 Å². The Kier molecular flexibility index (Phi) is 5.61. The highest BCUT2D eigenvalue weighted by Crippen LogP contribution is 2.43. The number of quaternary nitrogens is 1. The molecule has 0 amide bonds. The van der Waals surface area contributed by atoms with Gasteiger partial charge >= 0.3 is 5.97 Å². The minimum absolute atomic E-state index is 0.113. The van der Waals surface area contributed by atoms with E-state index < -0.39 is 27.0 Å². The predicted octanol–water partition coefficient (Wildman–Crippen LogP) is 1.91. The third-order valence-corrected chi connectivity index (χ3v) is 5.61. The number of esters is 1. The molecule has 0 fully saturated rings. The number of carbonyl (C=O) groups excluding carboxylic acids is 1. The van der Waals surface area contributed by atoms with Crippen LogP contribution in [0.3, 0.4) is 0 Å². The van der Waals surface area contributed by atoms with E-state index >= 15 is 0 Å². The molecule has 0 saturated heterocycles. The first kappa shape index (κ1) is 19.9. The Hall–Kier alpha value is -1.88. The number of benzene rings is 1. The van der Waals surface area contributed by atoms with Gasteiger partial charge in [-0.1, -0.05) is 0 Å². The molecular formula is C17H23NO8S. The van der Waals surface area contributed by atoms with Crippen LogP contribution in [0.4, 0.5) is 0 Å². The van der Waals surface area contributed by atoms with E-state index in [4.69, 9.17) is 18.8 Å². The summed E-state index contributed by atoms with van der Waals surface area (Å²) in [6.45, 7) is 1.79. The van der Waals surface area contributed by atoms with Crippen molar-refractivity contribution in [1.29, 1.82) is 0 Å². The number of nitrogens with zero attached hydrogens (tertiary/aromatic N) is 1. The fraction of sp³-hybridized carbons (Fsp3) is 0.588. The molecule has 0 radical (unpaired) electrons. The summed E-state index contributed by atoms with van der Waals surface area (Å²) >= 11 is 0. The molecule has 10 heteroatoms. The van der Waals surface area contributed by atoms with E-state index in [1.165, 1.54) is 6.92 Å². The maximum Gasteiger partial charge on any atom is 0.307 e. The number of hydrogen-bond donors (Lipinski definition) is 1. The quantitative estimate of drug-likeness (QED) is 0.242. The molecule has 2 aliphatic rings. The van der Waals surface area contributed by atoms with Gasteiger partial charge in [0.15, 0.2) is 11.5 Å². The Morgan fingerprint density at radius 1 is 1.30 bits per heavy atom. The molecule has 2 heterocycles. The van der Waals surface area contributed by atoms with E-state index in [-0.39, 0.29) is 32.1 Å². The van der Waals surface area contributed by atoms with Crippen molar-refractivity contribution in [3.05, 3.63) is 28.5 Å². The summed E-state index contributed by atoms with van der Waals surface area (Å²) in [6, 6.07) is 3.53. The van der Waals surface area contributed by atoms with Gasteiger partial charge in [0, 0.05) is 13.3 Å². The summed E-state index contributed by atoms with van der Waals surface area (Å²) in [4.78, 5) is 11.6. The van der Waals surface area contributed by atoms with Crippen molar-refractivity contribution in [2.45, 2.75) is 38.8 Å². The Bertz CT molecular complexity index is 824. The van der Waals surface area contributed by atoms with Gasteiger partial charge in [0.25, 0.3) is 16.3 Å². The lowest BCUT2D eigenvalue weighted by molar-refractivity contribution is -0.934. The van der Waals surface area contributed by atoms with E-state index in [1.54, 1.807) is 6.07 Å². The first-order chi connectivity index (χ1) is 12.7. The van der Waals surface area contributed by atoms with Gasteiger partial charge in [-0.15, -0.1) is 0 Å². The number of fused-ring (bicyclic) bond motifs is 2. The van der Waals surface area contributed by atoms with Crippen LogP contribution in [-0.2, 0) is 26.1 Å². The number of unbranched alkanes of at least 4 members (excludes halogenated alkanes) is 2. The van der Waals surface area contributed by atoms with Crippen LogP contribution in [0.1, 0.15) is 43.5 Å². The van der Waals surface area contributed by atoms with Gasteiger partial charge in [-0.3, -0.25) is 9.35 Å². The Morgan fingerprint density at radius 3 is 2.67 bits per heavy atom. The predicted molar refractivity (Wildman–Crippen MR) is 94.4 cm³/mol. The lowest BCUT2D eigenvalue weighted by Crippen LogP contribution is -2.51. The van der Waals surface area contributed by atoms with Gasteiger partial charge in [-0.25, -0.2) is 0 Å². The number of hydroxylamine groups is 3. The van der Waals surface area contributed by atoms with Crippen LogP contribution < -0.4 is 9.47 Å². The highest BCUT2D eigenvalue weighted by molar-refractivity contribution is 7.85. The van der Waals surface area contributed by atoms with Crippen molar-refractivity contribution in [2.24, 2.45) is 0 Å². The molecule has 150 valence electrons. The second kappa shape index (κ2) is 7.63. The van der Waals surface area contributed by atoms with E-state index in [9.17, 15) is 18.4 Å². The van der Waals surface area contributed by atoms with Crippen molar-refractivity contribution < 1.29 is 36.6 Å². The number of hydrogen-bond acceptors (Lipinski definition) is 7. The average Bonchev–Trinajstić information content (AvgIpc) is 3.02. The number of carbonyl (C=O) groups is 1. The standard InChI is InChI=1S/C17H23NO8S/c1-12(19)26-17-14-10-16-15(24-11-25-16)9-13(14)5-7-18(17,20)6-3-2-4-8-27(21,22)23/h9-10,17H,2-8,11H2,1H3,(H,21,22,23). The fourth-order valence-electron chi connectivity index (χ4n) is 3.51. The third-order valence-electron chi connectivity index (χ3n) is 4.80. The van der Waals surface area contributed by atoms with Crippen LogP contribution in [0.25, 0.3) is 0 Å². The van der Waals surface area contributed by atoms with E-state index in [0.29, 0.717) is 36.3 Å². The summed E-state index contributed by atoms with van der Waals surface area (Å²) < 4.78 is 45.7. The molecule has 0 aliphatic carbocycles. The number of rotatable bonds is 7. The van der Waals surface area contributed by atoms with Crippen LogP contribution in [-0.4, -0.2) is 49.2 Å². The SMILES string of the molecule is CC(=O)OC1c2cc3c(cc2CC[N+]1([O-])CCCCCS(=O)(=O)O)OCO3. The first-order valence-electron chi connectivity index (χ1n) is 8.80. The highest BCUT2D eigenvalue weighted by Gasteiger charge is 2.39. The van der Waals surface area contributed by atoms with E-state index in [1.807, 2.05) is 6.07 Å². The second-order valence-electron chi connectivity index (χ2n) is 6.86. The molecule has 0 aromatic heterocycles. The van der Waals surface area contributed by atoms with Crippen molar-refractivity contribution >= 4 is 16.1 Å². The Morgan fingerprint density at radius 2 is 2.00 bits per heavy atom. The molecule has 1 aromatic rings. The van der Waals surface area contributed by atoms with Gasteiger partial charge in [0.05, 0.1) is 24.4 Å². The monoisotopic (exact) mass is 401 g/mol. The lowest BCUT2D eigenvalue weighted by Gasteiger charge is -2.50. The molecule has 2 unspecified atom stereocenters. The van der Waals surface area contributed by atoms with Crippen molar-refractivity contribution in [2.75, 3.05) is 25.6 Å². The summed E-state index contributed by atoms with van der Waals surface area (Å²) in [5, 5.41) is 13.4. The molecule has 9 nitrogen and oxygen atoms in total. The molecule has 0 bridgehead atoms.